The Kier molecular flexibility index (Phi) is 5.31. The molecule has 0 fully saturated rings. The summed E-state index contributed by atoms with van der Waals surface area (Å²) >= 11 is 0. The van der Waals surface area contributed by atoms with Crippen molar-refractivity contribution in [3.8, 4) is 5.75 Å². The van der Waals surface area contributed by atoms with Gasteiger partial charge in [-0.05, 0) is 18.6 Å². The van der Waals surface area contributed by atoms with E-state index < -0.39 is 0 Å². The molecule has 0 aliphatic rings. The minimum atomic E-state index is -0.341. The van der Waals surface area contributed by atoms with Gasteiger partial charge in [-0.1, -0.05) is 13.0 Å². The lowest BCUT2D eigenvalue weighted by molar-refractivity contribution is -0.122. The van der Waals surface area contributed by atoms with Gasteiger partial charge in [-0.15, -0.1) is 0 Å². The molecule has 1 atom stereocenters. The monoisotopic (exact) mass is 291 g/mol. The number of rotatable bonds is 7. The highest BCUT2D eigenvalue weighted by molar-refractivity contribution is 5.75. The van der Waals surface area contributed by atoms with Crippen LogP contribution in [0.3, 0.4) is 0 Å². The van der Waals surface area contributed by atoms with Gasteiger partial charge in [0.1, 0.15) is 24.2 Å². The smallest absolute Gasteiger partial charge is 0.240 e. The van der Waals surface area contributed by atoms with E-state index in [1.54, 1.807) is 35.4 Å². The van der Waals surface area contributed by atoms with Crippen molar-refractivity contribution in [2.45, 2.75) is 26.0 Å². The lowest BCUT2D eigenvalue weighted by Crippen LogP contribution is -2.36. The summed E-state index contributed by atoms with van der Waals surface area (Å²) in [6, 6.07) is 5.98. The maximum Gasteiger partial charge on any atom is 0.240 e. The van der Waals surface area contributed by atoms with Gasteiger partial charge in [0.15, 0.2) is 0 Å². The number of ether oxygens (including phenoxy) is 1. The molecule has 0 radical (unpaired) electrons. The van der Waals surface area contributed by atoms with E-state index in [1.807, 2.05) is 6.92 Å². The molecule has 21 heavy (non-hydrogen) atoms. The van der Waals surface area contributed by atoms with Crippen LogP contribution in [0.5, 0.6) is 5.75 Å². The van der Waals surface area contributed by atoms with E-state index in [0.717, 1.165) is 0 Å². The summed E-state index contributed by atoms with van der Waals surface area (Å²) in [6.45, 7) is 2.54. The number of carbonyl (C=O) groups is 1. The molecule has 0 saturated carbocycles. The van der Waals surface area contributed by atoms with Gasteiger partial charge >= 0.3 is 0 Å². The van der Waals surface area contributed by atoms with Crippen molar-refractivity contribution >= 4 is 5.91 Å². The standard InChI is InChI=1S/C15H18FN3O2/c1-2-13(21-14-5-3-4-12(16)8-14)9-18-15(20)10-19-7-6-17-11-19/h3-8,11,13H,2,9-10H2,1H3,(H,18,20)/t13-/m0/s1. The maximum atomic E-state index is 13.1. The molecule has 1 aromatic heterocycles. The largest absolute Gasteiger partial charge is 0.489 e. The maximum absolute atomic E-state index is 13.1. The summed E-state index contributed by atoms with van der Waals surface area (Å²) in [5.41, 5.74) is 0. The third-order valence-corrected chi connectivity index (χ3v) is 2.97. The Balaban J connectivity index is 1.80. The van der Waals surface area contributed by atoms with Crippen molar-refractivity contribution in [1.29, 1.82) is 0 Å². The molecular weight excluding hydrogens is 273 g/mol. The van der Waals surface area contributed by atoms with Crippen molar-refractivity contribution in [1.82, 2.24) is 14.9 Å². The van der Waals surface area contributed by atoms with Crippen LogP contribution in [0.2, 0.25) is 0 Å². The van der Waals surface area contributed by atoms with E-state index in [-0.39, 0.29) is 24.4 Å². The zero-order valence-corrected chi connectivity index (χ0v) is 11.8. The molecule has 0 aliphatic carbocycles. The number of halogens is 1. The molecule has 1 aromatic carbocycles. The summed E-state index contributed by atoms with van der Waals surface area (Å²) in [5, 5.41) is 2.80. The number of amides is 1. The van der Waals surface area contributed by atoms with Gasteiger partial charge in [0, 0.05) is 18.5 Å². The summed E-state index contributed by atoms with van der Waals surface area (Å²) in [4.78, 5) is 15.6. The third kappa shape index (κ3) is 4.91. The Morgan fingerprint density at radius 2 is 2.38 bits per heavy atom. The Labute approximate surface area is 122 Å². The number of hydrogen-bond acceptors (Lipinski definition) is 3. The minimum Gasteiger partial charge on any atom is -0.489 e. The van der Waals surface area contributed by atoms with Gasteiger partial charge < -0.3 is 14.6 Å². The second kappa shape index (κ2) is 7.42. The Morgan fingerprint density at radius 3 is 3.05 bits per heavy atom. The molecule has 0 aliphatic heterocycles. The van der Waals surface area contributed by atoms with Gasteiger partial charge in [-0.2, -0.15) is 0 Å². The summed E-state index contributed by atoms with van der Waals surface area (Å²) in [5.74, 6) is 0.00602. The lowest BCUT2D eigenvalue weighted by Gasteiger charge is -2.18. The number of carbonyl (C=O) groups excluding carboxylic acids is 1. The van der Waals surface area contributed by atoms with Crippen molar-refractivity contribution in [2.24, 2.45) is 0 Å². The summed E-state index contributed by atoms with van der Waals surface area (Å²) in [6.07, 6.45) is 5.44. The van der Waals surface area contributed by atoms with Gasteiger partial charge in [0.2, 0.25) is 5.91 Å². The highest BCUT2D eigenvalue weighted by Gasteiger charge is 2.11. The zero-order valence-electron chi connectivity index (χ0n) is 11.8. The van der Waals surface area contributed by atoms with Crippen LogP contribution in [0.15, 0.2) is 43.0 Å². The molecule has 2 rings (SSSR count). The fourth-order valence-electron chi connectivity index (χ4n) is 1.83. The Morgan fingerprint density at radius 1 is 1.52 bits per heavy atom. The topological polar surface area (TPSA) is 56.2 Å². The minimum absolute atomic E-state index is 0.116. The van der Waals surface area contributed by atoms with Crippen LogP contribution in [0.4, 0.5) is 4.39 Å². The third-order valence-electron chi connectivity index (χ3n) is 2.97. The first-order chi connectivity index (χ1) is 10.2. The average Bonchev–Trinajstić information content (AvgIpc) is 2.96. The molecule has 1 amide bonds. The lowest BCUT2D eigenvalue weighted by atomic mass is 10.2. The first kappa shape index (κ1) is 15.0. The molecule has 0 unspecified atom stereocenters. The fourth-order valence-corrected chi connectivity index (χ4v) is 1.83. The SMILES string of the molecule is CC[C@@H](CNC(=O)Cn1ccnc1)Oc1cccc(F)c1. The second-order valence-electron chi connectivity index (χ2n) is 4.64. The predicted octanol–water partition coefficient (Wildman–Crippen LogP) is 2.00. The van der Waals surface area contributed by atoms with Crippen molar-refractivity contribution in [3.05, 3.63) is 48.8 Å². The van der Waals surface area contributed by atoms with E-state index in [9.17, 15) is 9.18 Å². The molecule has 1 heterocycles. The van der Waals surface area contributed by atoms with Gasteiger partial charge in [0.05, 0.1) is 12.9 Å². The fraction of sp³-hybridized carbons (Fsp3) is 0.333. The second-order valence-corrected chi connectivity index (χ2v) is 4.64. The van der Waals surface area contributed by atoms with Crippen LogP contribution >= 0.6 is 0 Å². The predicted molar refractivity (Wildman–Crippen MR) is 76.3 cm³/mol. The highest BCUT2D eigenvalue weighted by atomic mass is 19.1. The Hall–Kier alpha value is -2.37. The molecule has 112 valence electrons. The molecule has 0 bridgehead atoms. The van der Waals surface area contributed by atoms with Crippen LogP contribution in [-0.2, 0) is 11.3 Å². The number of nitrogens with zero attached hydrogens (tertiary/aromatic N) is 2. The first-order valence-electron chi connectivity index (χ1n) is 6.82. The van der Waals surface area contributed by atoms with Crippen molar-refractivity contribution in [3.63, 3.8) is 0 Å². The van der Waals surface area contributed by atoms with Gasteiger partial charge in [-0.3, -0.25) is 4.79 Å². The number of hydrogen-bond donors (Lipinski definition) is 1. The van der Waals surface area contributed by atoms with Crippen LogP contribution in [0.25, 0.3) is 0 Å². The quantitative estimate of drug-likeness (QED) is 0.849. The highest BCUT2D eigenvalue weighted by Crippen LogP contribution is 2.14. The van der Waals surface area contributed by atoms with Crippen LogP contribution in [0.1, 0.15) is 13.3 Å². The van der Waals surface area contributed by atoms with E-state index in [2.05, 4.69) is 10.3 Å². The normalized spacial score (nSPS) is 11.9. The van der Waals surface area contributed by atoms with Crippen LogP contribution < -0.4 is 10.1 Å². The molecule has 2 aromatic rings. The number of nitrogens with one attached hydrogen (secondary N) is 1. The van der Waals surface area contributed by atoms with E-state index in [0.29, 0.717) is 18.7 Å². The molecular formula is C15H18FN3O2. The molecule has 0 spiro atoms. The van der Waals surface area contributed by atoms with Crippen LogP contribution in [-0.4, -0.2) is 28.1 Å². The molecule has 5 nitrogen and oxygen atoms in total. The van der Waals surface area contributed by atoms with Crippen molar-refractivity contribution < 1.29 is 13.9 Å². The van der Waals surface area contributed by atoms with Crippen molar-refractivity contribution in [2.75, 3.05) is 6.54 Å². The number of aromatic nitrogens is 2. The molecule has 0 saturated heterocycles. The molecule has 6 heteroatoms. The van der Waals surface area contributed by atoms with Gasteiger partial charge in [-0.25, -0.2) is 9.37 Å². The van der Waals surface area contributed by atoms with Gasteiger partial charge in [0.25, 0.3) is 0 Å². The number of imidazole rings is 1. The zero-order chi connectivity index (χ0) is 15.1. The van der Waals surface area contributed by atoms with E-state index >= 15 is 0 Å². The average molecular weight is 291 g/mol. The summed E-state index contributed by atoms with van der Waals surface area (Å²) < 4.78 is 20.4. The summed E-state index contributed by atoms with van der Waals surface area (Å²) in [7, 11) is 0. The number of benzene rings is 1. The van der Waals surface area contributed by atoms with E-state index in [4.69, 9.17) is 4.74 Å². The molecule has 1 N–H and O–H groups in total. The van der Waals surface area contributed by atoms with E-state index in [1.165, 1.54) is 12.1 Å². The van der Waals surface area contributed by atoms with Crippen LogP contribution in [0, 0.1) is 5.82 Å². The first-order valence-corrected chi connectivity index (χ1v) is 6.82. The Bertz CT molecular complexity index is 572.